The zero-order chi connectivity index (χ0) is 13.1. The number of phenolic OH excluding ortho intramolecular Hbond substituents is 1. The summed E-state index contributed by atoms with van der Waals surface area (Å²) in [5.41, 5.74) is 0.728. The normalized spacial score (nSPS) is 23.3. The van der Waals surface area contributed by atoms with Crippen molar-refractivity contribution in [1.82, 2.24) is 4.90 Å². The largest absolute Gasteiger partial charge is 0.508 e. The summed E-state index contributed by atoms with van der Waals surface area (Å²) in [5.74, 6) is 0.0700. The van der Waals surface area contributed by atoms with Crippen molar-refractivity contribution >= 4 is 5.91 Å². The number of nitrogens with zero attached hydrogens (tertiary/aromatic N) is 1. The Morgan fingerprint density at radius 1 is 1.22 bits per heavy atom. The molecule has 5 heteroatoms. The number of aliphatic hydroxyl groups is 2. The van der Waals surface area contributed by atoms with Crippen LogP contribution >= 0.6 is 0 Å². The van der Waals surface area contributed by atoms with Crippen LogP contribution in [0.2, 0.25) is 0 Å². The minimum absolute atomic E-state index is 0.117. The van der Waals surface area contributed by atoms with Crippen LogP contribution in [0, 0.1) is 0 Å². The van der Waals surface area contributed by atoms with Crippen LogP contribution in [-0.4, -0.2) is 51.4 Å². The second-order valence-corrected chi connectivity index (χ2v) is 4.56. The number of aliphatic hydroxyl groups excluding tert-OH is 2. The molecule has 0 radical (unpaired) electrons. The summed E-state index contributed by atoms with van der Waals surface area (Å²) >= 11 is 0. The molecule has 1 heterocycles. The van der Waals surface area contributed by atoms with E-state index in [1.165, 1.54) is 4.90 Å². The summed E-state index contributed by atoms with van der Waals surface area (Å²) in [5, 5.41) is 28.3. The maximum absolute atomic E-state index is 11.8. The first-order valence-electron chi connectivity index (χ1n) is 5.98. The van der Waals surface area contributed by atoms with Crippen LogP contribution in [0.15, 0.2) is 24.3 Å². The molecule has 5 nitrogen and oxygen atoms in total. The van der Waals surface area contributed by atoms with E-state index < -0.39 is 12.2 Å². The molecule has 0 unspecified atom stereocenters. The lowest BCUT2D eigenvalue weighted by atomic mass is 10.1. The van der Waals surface area contributed by atoms with Gasteiger partial charge in [0.05, 0.1) is 12.2 Å². The van der Waals surface area contributed by atoms with Crippen LogP contribution in [-0.2, 0) is 11.2 Å². The molecule has 0 aromatic heterocycles. The van der Waals surface area contributed by atoms with Gasteiger partial charge in [0.15, 0.2) is 0 Å². The van der Waals surface area contributed by atoms with Crippen LogP contribution in [0.3, 0.4) is 0 Å². The lowest BCUT2D eigenvalue weighted by molar-refractivity contribution is -0.130. The molecule has 1 aromatic rings. The average Bonchev–Trinajstić information content (AvgIpc) is 2.68. The fourth-order valence-electron chi connectivity index (χ4n) is 2.10. The first kappa shape index (κ1) is 12.9. The molecule has 1 aromatic carbocycles. The molecular formula is C13H17NO4. The van der Waals surface area contributed by atoms with E-state index in [9.17, 15) is 20.1 Å². The number of benzene rings is 1. The number of para-hydroxylation sites is 1. The number of β-amino-alcohol motifs (C(OH)–C–C–N with tert-alkyl or cyclic N) is 2. The van der Waals surface area contributed by atoms with Crippen LogP contribution in [0.1, 0.15) is 12.0 Å². The Bertz CT molecular complexity index is 425. The number of carbonyl (C=O) groups excluding carboxylic acids is 1. The molecule has 0 spiro atoms. The molecule has 2 rings (SSSR count). The van der Waals surface area contributed by atoms with Gasteiger partial charge in [0.2, 0.25) is 5.91 Å². The number of amides is 1. The van der Waals surface area contributed by atoms with Gasteiger partial charge in [-0.3, -0.25) is 4.79 Å². The number of hydrogen-bond acceptors (Lipinski definition) is 4. The van der Waals surface area contributed by atoms with E-state index in [1.54, 1.807) is 18.2 Å². The molecule has 1 amide bonds. The van der Waals surface area contributed by atoms with Crippen LogP contribution in [0.5, 0.6) is 5.75 Å². The van der Waals surface area contributed by atoms with Crippen molar-refractivity contribution in [3.63, 3.8) is 0 Å². The van der Waals surface area contributed by atoms with E-state index in [1.807, 2.05) is 6.07 Å². The smallest absolute Gasteiger partial charge is 0.223 e. The highest BCUT2D eigenvalue weighted by molar-refractivity contribution is 5.77. The zero-order valence-electron chi connectivity index (χ0n) is 9.99. The number of aromatic hydroxyl groups is 1. The quantitative estimate of drug-likeness (QED) is 0.700. The van der Waals surface area contributed by atoms with Gasteiger partial charge in [-0.25, -0.2) is 0 Å². The molecule has 1 fully saturated rings. The van der Waals surface area contributed by atoms with Gasteiger partial charge in [-0.05, 0) is 18.1 Å². The Morgan fingerprint density at radius 3 is 2.44 bits per heavy atom. The van der Waals surface area contributed by atoms with Crippen LogP contribution < -0.4 is 0 Å². The number of phenols is 1. The molecular weight excluding hydrogens is 234 g/mol. The van der Waals surface area contributed by atoms with Gasteiger partial charge >= 0.3 is 0 Å². The molecule has 1 aliphatic heterocycles. The minimum atomic E-state index is -0.848. The van der Waals surface area contributed by atoms with Gasteiger partial charge in [0, 0.05) is 19.5 Å². The summed E-state index contributed by atoms with van der Waals surface area (Å²) in [4.78, 5) is 13.3. The maximum Gasteiger partial charge on any atom is 0.223 e. The third kappa shape index (κ3) is 2.80. The van der Waals surface area contributed by atoms with E-state index in [2.05, 4.69) is 0 Å². The highest BCUT2D eigenvalue weighted by Crippen LogP contribution is 2.18. The Kier molecular flexibility index (Phi) is 3.84. The van der Waals surface area contributed by atoms with Crippen molar-refractivity contribution in [2.24, 2.45) is 0 Å². The van der Waals surface area contributed by atoms with E-state index in [0.29, 0.717) is 6.42 Å². The fourth-order valence-corrected chi connectivity index (χ4v) is 2.10. The highest BCUT2D eigenvalue weighted by atomic mass is 16.3. The highest BCUT2D eigenvalue weighted by Gasteiger charge is 2.32. The summed E-state index contributed by atoms with van der Waals surface area (Å²) < 4.78 is 0. The first-order valence-corrected chi connectivity index (χ1v) is 5.98. The average molecular weight is 251 g/mol. The predicted octanol–water partition coefficient (Wildman–Crippen LogP) is -0.111. The molecule has 98 valence electrons. The molecule has 2 atom stereocenters. The van der Waals surface area contributed by atoms with E-state index in [4.69, 9.17) is 0 Å². The van der Waals surface area contributed by atoms with Crippen LogP contribution in [0.25, 0.3) is 0 Å². The Balaban J connectivity index is 1.88. The van der Waals surface area contributed by atoms with E-state index in [-0.39, 0.29) is 31.2 Å². The second-order valence-electron chi connectivity index (χ2n) is 4.56. The zero-order valence-corrected chi connectivity index (χ0v) is 9.99. The van der Waals surface area contributed by atoms with E-state index in [0.717, 1.165) is 5.56 Å². The van der Waals surface area contributed by atoms with Gasteiger partial charge < -0.3 is 20.2 Å². The topological polar surface area (TPSA) is 81.0 Å². The van der Waals surface area contributed by atoms with Crippen molar-refractivity contribution in [3.8, 4) is 5.75 Å². The summed E-state index contributed by atoms with van der Waals surface area (Å²) in [6.45, 7) is 0.363. The predicted molar refractivity (Wildman–Crippen MR) is 65.0 cm³/mol. The van der Waals surface area contributed by atoms with Gasteiger partial charge in [0.25, 0.3) is 0 Å². The molecule has 1 aliphatic rings. The van der Waals surface area contributed by atoms with E-state index >= 15 is 0 Å². The number of hydrogen-bond donors (Lipinski definition) is 3. The lowest BCUT2D eigenvalue weighted by Crippen LogP contribution is -2.29. The SMILES string of the molecule is O=C(CCc1ccccc1O)N1C[C@@H](O)[C@@H](O)C1. The Labute approximate surface area is 105 Å². The summed E-state index contributed by atoms with van der Waals surface area (Å²) in [6, 6.07) is 6.90. The van der Waals surface area contributed by atoms with Gasteiger partial charge in [-0.15, -0.1) is 0 Å². The summed E-state index contributed by atoms with van der Waals surface area (Å²) in [6.07, 6.45) is -0.983. The Morgan fingerprint density at radius 2 is 1.83 bits per heavy atom. The van der Waals surface area contributed by atoms with Crippen molar-refractivity contribution in [2.75, 3.05) is 13.1 Å². The third-order valence-corrected chi connectivity index (χ3v) is 3.21. The standard InChI is InChI=1S/C13H17NO4/c15-10-4-2-1-3-9(10)5-6-13(18)14-7-11(16)12(17)8-14/h1-4,11-12,15-17H,5-8H2/t11-,12+. The second kappa shape index (κ2) is 5.37. The Hall–Kier alpha value is -1.59. The third-order valence-electron chi connectivity index (χ3n) is 3.21. The minimum Gasteiger partial charge on any atom is -0.508 e. The van der Waals surface area contributed by atoms with Crippen molar-refractivity contribution in [3.05, 3.63) is 29.8 Å². The molecule has 3 N–H and O–H groups in total. The monoisotopic (exact) mass is 251 g/mol. The summed E-state index contributed by atoms with van der Waals surface area (Å²) in [7, 11) is 0. The van der Waals surface area contributed by atoms with Gasteiger partial charge in [0.1, 0.15) is 5.75 Å². The lowest BCUT2D eigenvalue weighted by Gasteiger charge is -2.15. The molecule has 0 aliphatic carbocycles. The molecule has 18 heavy (non-hydrogen) atoms. The molecule has 1 saturated heterocycles. The van der Waals surface area contributed by atoms with Crippen LogP contribution in [0.4, 0.5) is 0 Å². The first-order chi connectivity index (χ1) is 8.58. The molecule has 0 bridgehead atoms. The van der Waals surface area contributed by atoms with Crippen molar-refractivity contribution in [2.45, 2.75) is 25.0 Å². The number of likely N-dealkylation sites (tertiary alicyclic amines) is 1. The van der Waals surface area contributed by atoms with Crippen molar-refractivity contribution < 1.29 is 20.1 Å². The molecule has 0 saturated carbocycles. The fraction of sp³-hybridized carbons (Fsp3) is 0.462. The number of carbonyl (C=O) groups is 1. The maximum atomic E-state index is 11.8. The number of aryl methyl sites for hydroxylation is 1. The number of rotatable bonds is 3. The van der Waals surface area contributed by atoms with Gasteiger partial charge in [-0.2, -0.15) is 0 Å². The van der Waals surface area contributed by atoms with Crippen molar-refractivity contribution in [1.29, 1.82) is 0 Å². The van der Waals surface area contributed by atoms with Gasteiger partial charge in [-0.1, -0.05) is 18.2 Å².